The number of imidazole rings is 1. The van der Waals surface area contributed by atoms with Gasteiger partial charge in [0, 0.05) is 38.5 Å². The second-order valence-corrected chi connectivity index (χ2v) is 9.87. The highest BCUT2D eigenvalue weighted by molar-refractivity contribution is 5.82. The average molecular weight is 537 g/mol. The minimum Gasteiger partial charge on any atom is -0.454 e. The van der Waals surface area contributed by atoms with E-state index in [1.165, 1.54) is 0 Å². The van der Waals surface area contributed by atoms with Crippen LogP contribution < -0.4 is 20.9 Å². The molecule has 6 rings (SSSR count). The molecule has 2 aliphatic rings. The molecule has 0 spiro atoms. The number of piperidine rings is 1. The standard InChI is InChI=1S/C26H29FN8O4/c1-14(36)34-5-2-3-15(12-34)4-6-35-21(31-22-23(29)32-26(27)33-24(22)35)8-16-7-19-20(38-13-37-19)9-18(16)25-30-11-17(10-28)39-25/h7,9,11,15H,2-6,8,10,12-13,28H2,1H3,(H2,29,32,33). The molecule has 1 atom stereocenters. The van der Waals surface area contributed by atoms with Gasteiger partial charge in [0.1, 0.15) is 11.6 Å². The fraction of sp³-hybridized carbons (Fsp3) is 0.423. The predicted octanol–water partition coefficient (Wildman–Crippen LogP) is 2.63. The zero-order chi connectivity index (χ0) is 27.1. The molecule has 4 aromatic rings. The van der Waals surface area contributed by atoms with Crippen molar-refractivity contribution in [3.8, 4) is 23.0 Å². The summed E-state index contributed by atoms with van der Waals surface area (Å²) in [4.78, 5) is 30.7. The van der Waals surface area contributed by atoms with Crippen LogP contribution in [-0.2, 0) is 24.3 Å². The number of halogens is 1. The summed E-state index contributed by atoms with van der Waals surface area (Å²) in [6.07, 6.45) is 3.73. The van der Waals surface area contributed by atoms with E-state index >= 15 is 0 Å². The molecule has 0 aliphatic carbocycles. The number of benzene rings is 1. The van der Waals surface area contributed by atoms with Crippen LogP contribution in [0.15, 0.2) is 22.7 Å². The van der Waals surface area contributed by atoms with Gasteiger partial charge in [0.05, 0.1) is 12.7 Å². The summed E-state index contributed by atoms with van der Waals surface area (Å²) < 4.78 is 33.2. The number of aryl methyl sites for hydroxylation is 1. The molecule has 1 amide bonds. The average Bonchev–Trinajstić information content (AvgIpc) is 3.66. The molecule has 1 saturated heterocycles. The molecule has 4 N–H and O–H groups in total. The Kier molecular flexibility index (Phi) is 6.51. The van der Waals surface area contributed by atoms with Crippen molar-refractivity contribution in [3.05, 3.63) is 41.6 Å². The second kappa shape index (κ2) is 10.1. The lowest BCUT2D eigenvalue weighted by molar-refractivity contribution is -0.130. The third kappa shape index (κ3) is 4.85. The Hall–Kier alpha value is -4.26. The van der Waals surface area contributed by atoms with Crippen LogP contribution in [0.2, 0.25) is 0 Å². The van der Waals surface area contributed by atoms with Gasteiger partial charge < -0.3 is 34.8 Å². The molecule has 204 valence electrons. The highest BCUT2D eigenvalue weighted by atomic mass is 19.1. The first-order valence-corrected chi connectivity index (χ1v) is 12.9. The molecule has 1 fully saturated rings. The molecule has 0 radical (unpaired) electrons. The van der Waals surface area contributed by atoms with E-state index in [-0.39, 0.29) is 25.1 Å². The van der Waals surface area contributed by atoms with Gasteiger partial charge in [-0.05, 0) is 42.9 Å². The van der Waals surface area contributed by atoms with Crippen molar-refractivity contribution in [3.63, 3.8) is 0 Å². The van der Waals surface area contributed by atoms with Crippen LogP contribution in [0.3, 0.4) is 0 Å². The van der Waals surface area contributed by atoms with Gasteiger partial charge >= 0.3 is 6.08 Å². The summed E-state index contributed by atoms with van der Waals surface area (Å²) >= 11 is 0. The zero-order valence-electron chi connectivity index (χ0n) is 21.5. The molecule has 1 aromatic carbocycles. The molecule has 2 aliphatic heterocycles. The number of hydrogen-bond acceptors (Lipinski definition) is 10. The summed E-state index contributed by atoms with van der Waals surface area (Å²) in [7, 11) is 0. The summed E-state index contributed by atoms with van der Waals surface area (Å²) in [6.45, 7) is 3.92. The SMILES string of the molecule is CC(=O)N1CCCC(CCn2c(Cc3cc4c(cc3-c3ncc(CN)o3)OCO4)nc3c(N)nc(F)nc32)C1. The fourth-order valence-electron chi connectivity index (χ4n) is 5.33. The molecule has 0 bridgehead atoms. The van der Waals surface area contributed by atoms with Crippen LogP contribution in [0, 0.1) is 12.0 Å². The third-order valence-corrected chi connectivity index (χ3v) is 7.33. The molecule has 1 unspecified atom stereocenters. The van der Waals surface area contributed by atoms with Crippen LogP contribution in [0.4, 0.5) is 10.2 Å². The summed E-state index contributed by atoms with van der Waals surface area (Å²) in [5.41, 5.74) is 14.0. The number of aromatic nitrogens is 5. The maximum Gasteiger partial charge on any atom is 0.312 e. The second-order valence-electron chi connectivity index (χ2n) is 9.87. The van der Waals surface area contributed by atoms with Gasteiger partial charge in [0.15, 0.2) is 28.5 Å². The van der Waals surface area contributed by atoms with Crippen LogP contribution in [0.5, 0.6) is 11.5 Å². The van der Waals surface area contributed by atoms with E-state index in [2.05, 4.69) is 15.0 Å². The van der Waals surface area contributed by atoms with E-state index in [1.807, 2.05) is 21.6 Å². The first kappa shape index (κ1) is 25.0. The molecule has 39 heavy (non-hydrogen) atoms. The van der Waals surface area contributed by atoms with E-state index in [0.29, 0.717) is 71.1 Å². The normalized spacial score (nSPS) is 16.8. The number of likely N-dealkylation sites (tertiary alicyclic amines) is 1. The number of amides is 1. The fourth-order valence-corrected chi connectivity index (χ4v) is 5.33. The Morgan fingerprint density at radius 3 is 2.79 bits per heavy atom. The number of carbonyl (C=O) groups excluding carboxylic acids is 1. The number of nitrogen functional groups attached to an aromatic ring is 1. The van der Waals surface area contributed by atoms with E-state index in [9.17, 15) is 9.18 Å². The number of hydrogen-bond donors (Lipinski definition) is 2. The maximum atomic E-state index is 14.3. The lowest BCUT2D eigenvalue weighted by Crippen LogP contribution is -2.38. The smallest absolute Gasteiger partial charge is 0.312 e. The van der Waals surface area contributed by atoms with Gasteiger partial charge in [-0.15, -0.1) is 0 Å². The van der Waals surface area contributed by atoms with Crippen molar-refractivity contribution >= 4 is 22.9 Å². The Bertz CT molecular complexity index is 1550. The maximum absolute atomic E-state index is 14.3. The Morgan fingerprint density at radius 1 is 1.21 bits per heavy atom. The van der Waals surface area contributed by atoms with Crippen molar-refractivity contribution in [2.75, 3.05) is 25.6 Å². The van der Waals surface area contributed by atoms with Crippen LogP contribution in [0.1, 0.15) is 43.3 Å². The summed E-state index contributed by atoms with van der Waals surface area (Å²) in [6, 6.07) is 3.69. The van der Waals surface area contributed by atoms with Gasteiger partial charge in [-0.2, -0.15) is 14.4 Å². The van der Waals surface area contributed by atoms with Crippen LogP contribution >= 0.6 is 0 Å². The zero-order valence-corrected chi connectivity index (χ0v) is 21.5. The first-order chi connectivity index (χ1) is 18.9. The number of fused-ring (bicyclic) bond motifs is 2. The van der Waals surface area contributed by atoms with Crippen molar-refractivity contribution < 1.29 is 23.1 Å². The largest absolute Gasteiger partial charge is 0.454 e. The van der Waals surface area contributed by atoms with Gasteiger partial charge in [0.2, 0.25) is 18.6 Å². The molecule has 12 nitrogen and oxygen atoms in total. The summed E-state index contributed by atoms with van der Waals surface area (Å²) in [5, 5.41) is 0. The number of nitrogens with two attached hydrogens (primary N) is 2. The van der Waals surface area contributed by atoms with Gasteiger partial charge in [-0.25, -0.2) is 9.97 Å². The minimum absolute atomic E-state index is 0.0240. The molecule has 5 heterocycles. The topological polar surface area (TPSA) is 160 Å². The Morgan fingerprint density at radius 2 is 2.03 bits per heavy atom. The number of nitrogens with zero attached hydrogens (tertiary/aromatic N) is 6. The lowest BCUT2D eigenvalue weighted by atomic mass is 9.94. The van der Waals surface area contributed by atoms with E-state index in [1.54, 1.807) is 13.1 Å². The van der Waals surface area contributed by atoms with E-state index in [4.69, 9.17) is 30.3 Å². The third-order valence-electron chi connectivity index (χ3n) is 7.33. The molecule has 3 aromatic heterocycles. The molecule has 0 saturated carbocycles. The summed E-state index contributed by atoms with van der Waals surface area (Å²) in [5.74, 6) is 3.11. The highest BCUT2D eigenvalue weighted by Crippen LogP contribution is 2.39. The van der Waals surface area contributed by atoms with E-state index in [0.717, 1.165) is 31.4 Å². The van der Waals surface area contributed by atoms with Gasteiger partial charge in [0.25, 0.3) is 0 Å². The number of anilines is 1. The Labute approximate surface area is 223 Å². The van der Waals surface area contributed by atoms with Crippen molar-refractivity contribution in [1.29, 1.82) is 0 Å². The van der Waals surface area contributed by atoms with Gasteiger partial charge in [-0.1, -0.05) is 0 Å². The number of rotatable bonds is 7. The van der Waals surface area contributed by atoms with Crippen molar-refractivity contribution in [2.45, 2.75) is 45.7 Å². The first-order valence-electron chi connectivity index (χ1n) is 12.9. The lowest BCUT2D eigenvalue weighted by Gasteiger charge is -2.32. The van der Waals surface area contributed by atoms with E-state index < -0.39 is 6.08 Å². The molecule has 13 heteroatoms. The number of oxazole rings is 1. The molecular weight excluding hydrogens is 507 g/mol. The van der Waals surface area contributed by atoms with Gasteiger partial charge in [-0.3, -0.25) is 4.79 Å². The molecular formula is C26H29FN8O4. The minimum atomic E-state index is -0.911. The van der Waals surface area contributed by atoms with Crippen molar-refractivity contribution in [1.82, 2.24) is 29.4 Å². The highest BCUT2D eigenvalue weighted by Gasteiger charge is 2.26. The quantitative estimate of drug-likeness (QED) is 0.336. The number of carbonyl (C=O) groups is 1. The predicted molar refractivity (Wildman–Crippen MR) is 138 cm³/mol. The van der Waals surface area contributed by atoms with Crippen LogP contribution in [0.25, 0.3) is 22.6 Å². The van der Waals surface area contributed by atoms with Crippen LogP contribution in [-0.4, -0.2) is 55.2 Å². The van der Waals surface area contributed by atoms with Crippen molar-refractivity contribution in [2.24, 2.45) is 11.7 Å². The Balaban J connectivity index is 1.38. The number of ether oxygens (including phenoxy) is 2. The monoisotopic (exact) mass is 536 g/mol.